The van der Waals surface area contributed by atoms with E-state index in [-0.39, 0.29) is 16.4 Å². The quantitative estimate of drug-likeness (QED) is 0.371. The number of furan rings is 1. The second kappa shape index (κ2) is 7.93. The van der Waals surface area contributed by atoms with Crippen molar-refractivity contribution in [3.05, 3.63) is 63.6 Å². The zero-order chi connectivity index (χ0) is 17.5. The summed E-state index contributed by atoms with van der Waals surface area (Å²) < 4.78 is 9.74. The van der Waals surface area contributed by atoms with Crippen LogP contribution in [0.25, 0.3) is 6.08 Å². The van der Waals surface area contributed by atoms with Gasteiger partial charge >= 0.3 is 5.97 Å². The number of carbonyl (C=O) groups excluding carboxylic acids is 2. The number of non-ortho nitro benzene ring substituents is 1. The van der Waals surface area contributed by atoms with Gasteiger partial charge in [0, 0.05) is 18.2 Å². The number of hydrogen-bond donors (Lipinski definition) is 1. The van der Waals surface area contributed by atoms with Crippen LogP contribution in [0.4, 0.5) is 11.4 Å². The van der Waals surface area contributed by atoms with Crippen LogP contribution in [0.1, 0.15) is 5.76 Å². The fourth-order valence-corrected chi connectivity index (χ4v) is 1.85. The lowest BCUT2D eigenvalue weighted by Gasteiger charge is -2.07. The van der Waals surface area contributed by atoms with Crippen LogP contribution in [-0.4, -0.2) is 23.4 Å². The number of nitro benzene ring substituents is 1. The molecule has 0 spiro atoms. The van der Waals surface area contributed by atoms with Gasteiger partial charge in [-0.05, 0) is 24.3 Å². The first-order valence-electron chi connectivity index (χ1n) is 6.58. The molecule has 1 aromatic heterocycles. The van der Waals surface area contributed by atoms with Crippen LogP contribution in [-0.2, 0) is 14.3 Å². The summed E-state index contributed by atoms with van der Waals surface area (Å²) in [5, 5.41) is 13.0. The smallest absolute Gasteiger partial charge is 0.331 e. The number of nitrogens with zero attached hydrogens (tertiary/aromatic N) is 1. The van der Waals surface area contributed by atoms with Crippen molar-refractivity contribution in [2.24, 2.45) is 0 Å². The lowest BCUT2D eigenvalue weighted by molar-refractivity contribution is -0.384. The Balaban J connectivity index is 1.85. The standard InChI is InChI=1S/C15H11ClN2O6/c16-12-8-10(18(21)22)3-5-13(12)17-14(19)9-24-15(20)6-4-11-2-1-7-23-11/h1-8H,9H2,(H,17,19). The third-order valence-corrected chi connectivity index (χ3v) is 3.02. The highest BCUT2D eigenvalue weighted by Gasteiger charge is 2.12. The maximum absolute atomic E-state index is 11.7. The molecule has 8 nitrogen and oxygen atoms in total. The number of ether oxygens (including phenoxy) is 1. The number of carbonyl (C=O) groups is 2. The molecule has 1 N–H and O–H groups in total. The van der Waals surface area contributed by atoms with Gasteiger partial charge in [0.25, 0.3) is 11.6 Å². The fourth-order valence-electron chi connectivity index (χ4n) is 1.63. The van der Waals surface area contributed by atoms with E-state index in [1.807, 2.05) is 0 Å². The largest absolute Gasteiger partial charge is 0.465 e. The first-order chi connectivity index (χ1) is 11.5. The second-order valence-corrected chi connectivity index (χ2v) is 4.83. The lowest BCUT2D eigenvalue weighted by Crippen LogP contribution is -2.20. The molecule has 2 rings (SSSR count). The molecule has 0 unspecified atom stereocenters. The number of hydrogen-bond acceptors (Lipinski definition) is 6. The fraction of sp³-hybridized carbons (Fsp3) is 0.0667. The number of nitrogens with one attached hydrogen (secondary N) is 1. The van der Waals surface area contributed by atoms with E-state index >= 15 is 0 Å². The van der Waals surface area contributed by atoms with E-state index < -0.39 is 23.4 Å². The molecule has 2 aromatic rings. The lowest BCUT2D eigenvalue weighted by atomic mass is 10.3. The molecule has 0 saturated carbocycles. The first kappa shape index (κ1) is 17.2. The van der Waals surface area contributed by atoms with Gasteiger partial charge in [0.1, 0.15) is 5.76 Å². The summed E-state index contributed by atoms with van der Waals surface area (Å²) in [4.78, 5) is 33.1. The van der Waals surface area contributed by atoms with Crippen molar-refractivity contribution in [2.75, 3.05) is 11.9 Å². The summed E-state index contributed by atoms with van der Waals surface area (Å²) >= 11 is 5.84. The van der Waals surface area contributed by atoms with Gasteiger partial charge in [0.2, 0.25) is 0 Å². The minimum atomic E-state index is -0.726. The molecule has 0 aliphatic rings. The summed E-state index contributed by atoms with van der Waals surface area (Å²) in [7, 11) is 0. The Labute approximate surface area is 140 Å². The highest BCUT2D eigenvalue weighted by atomic mass is 35.5. The molecule has 9 heteroatoms. The van der Waals surface area contributed by atoms with Crippen molar-refractivity contribution in [1.29, 1.82) is 0 Å². The molecule has 0 atom stereocenters. The summed E-state index contributed by atoms with van der Waals surface area (Å²) in [5.41, 5.74) is -0.0260. The van der Waals surface area contributed by atoms with E-state index in [0.717, 1.165) is 12.1 Å². The molecular weight excluding hydrogens is 340 g/mol. The van der Waals surface area contributed by atoms with Gasteiger partial charge < -0.3 is 14.5 Å². The Kier molecular flexibility index (Phi) is 5.69. The Morgan fingerprint density at radius 1 is 1.38 bits per heavy atom. The van der Waals surface area contributed by atoms with Crippen molar-refractivity contribution in [3.8, 4) is 0 Å². The van der Waals surface area contributed by atoms with Gasteiger partial charge in [-0.1, -0.05) is 11.6 Å². The molecule has 0 aliphatic carbocycles. The number of rotatable bonds is 6. The third-order valence-electron chi connectivity index (χ3n) is 2.71. The summed E-state index contributed by atoms with van der Waals surface area (Å²) in [5.74, 6) is -0.893. The minimum absolute atomic E-state index is 0.00147. The van der Waals surface area contributed by atoms with E-state index in [4.69, 9.17) is 20.8 Å². The summed E-state index contributed by atoms with van der Waals surface area (Å²) in [6.07, 6.45) is 3.96. The SMILES string of the molecule is O=C(COC(=O)C=Cc1ccco1)Nc1ccc([N+](=O)[O-])cc1Cl. The first-order valence-corrected chi connectivity index (χ1v) is 6.95. The van der Waals surface area contributed by atoms with E-state index in [2.05, 4.69) is 5.32 Å². The average molecular weight is 351 g/mol. The Bertz CT molecular complexity index is 785. The summed E-state index contributed by atoms with van der Waals surface area (Å²) in [6, 6.07) is 6.89. The van der Waals surface area contributed by atoms with Gasteiger partial charge in [0.15, 0.2) is 6.61 Å². The molecule has 124 valence electrons. The van der Waals surface area contributed by atoms with Crippen LogP contribution in [0.2, 0.25) is 5.02 Å². The number of nitro groups is 1. The molecule has 0 aliphatic heterocycles. The summed E-state index contributed by atoms with van der Waals surface area (Å²) in [6.45, 7) is -0.533. The van der Waals surface area contributed by atoms with Gasteiger partial charge in [-0.3, -0.25) is 14.9 Å². The molecule has 24 heavy (non-hydrogen) atoms. The molecule has 0 fully saturated rings. The predicted octanol–water partition coefficient (Wildman–Crippen LogP) is 3.04. The Morgan fingerprint density at radius 3 is 2.79 bits per heavy atom. The Hall–Kier alpha value is -3.13. The number of benzene rings is 1. The van der Waals surface area contributed by atoms with Crippen LogP contribution in [0.15, 0.2) is 47.1 Å². The zero-order valence-corrected chi connectivity index (χ0v) is 12.9. The molecule has 1 amide bonds. The number of anilines is 1. The predicted molar refractivity (Wildman–Crippen MR) is 85.4 cm³/mol. The second-order valence-electron chi connectivity index (χ2n) is 4.43. The third kappa shape index (κ3) is 4.96. The van der Waals surface area contributed by atoms with E-state index in [0.29, 0.717) is 5.76 Å². The van der Waals surface area contributed by atoms with E-state index in [1.54, 1.807) is 12.1 Å². The molecule has 0 saturated heterocycles. The van der Waals surface area contributed by atoms with Gasteiger partial charge in [-0.15, -0.1) is 0 Å². The van der Waals surface area contributed by atoms with Gasteiger partial charge in [-0.2, -0.15) is 0 Å². The minimum Gasteiger partial charge on any atom is -0.465 e. The van der Waals surface area contributed by atoms with Crippen LogP contribution in [0.5, 0.6) is 0 Å². The van der Waals surface area contributed by atoms with E-state index in [9.17, 15) is 19.7 Å². The van der Waals surface area contributed by atoms with Crippen LogP contribution in [0.3, 0.4) is 0 Å². The van der Waals surface area contributed by atoms with Gasteiger partial charge in [0.05, 0.1) is 21.9 Å². The average Bonchev–Trinajstić information content (AvgIpc) is 3.06. The highest BCUT2D eigenvalue weighted by molar-refractivity contribution is 6.34. The van der Waals surface area contributed by atoms with Crippen molar-refractivity contribution in [1.82, 2.24) is 0 Å². The molecule has 1 aromatic carbocycles. The molecule has 0 bridgehead atoms. The van der Waals surface area contributed by atoms with Crippen molar-refractivity contribution in [3.63, 3.8) is 0 Å². The molecular formula is C15H11ClN2O6. The van der Waals surface area contributed by atoms with E-state index in [1.165, 1.54) is 24.5 Å². The van der Waals surface area contributed by atoms with Crippen molar-refractivity contribution in [2.45, 2.75) is 0 Å². The van der Waals surface area contributed by atoms with Crippen molar-refractivity contribution >= 4 is 40.9 Å². The topological polar surface area (TPSA) is 112 Å². The van der Waals surface area contributed by atoms with Crippen LogP contribution >= 0.6 is 11.6 Å². The number of amides is 1. The highest BCUT2D eigenvalue weighted by Crippen LogP contribution is 2.26. The van der Waals surface area contributed by atoms with Crippen molar-refractivity contribution < 1.29 is 23.7 Å². The monoisotopic (exact) mass is 350 g/mol. The maximum atomic E-state index is 11.7. The zero-order valence-electron chi connectivity index (χ0n) is 12.1. The number of esters is 1. The van der Waals surface area contributed by atoms with Crippen LogP contribution in [0, 0.1) is 10.1 Å². The molecule has 1 heterocycles. The van der Waals surface area contributed by atoms with Crippen LogP contribution < -0.4 is 5.32 Å². The number of halogens is 1. The van der Waals surface area contributed by atoms with Gasteiger partial charge in [-0.25, -0.2) is 4.79 Å². The molecule has 0 radical (unpaired) electrons. The maximum Gasteiger partial charge on any atom is 0.331 e. The normalized spacial score (nSPS) is 10.5. The Morgan fingerprint density at radius 2 is 2.17 bits per heavy atom.